The molecule has 27 heavy (non-hydrogen) atoms. The van der Waals surface area contributed by atoms with Crippen molar-refractivity contribution in [2.45, 2.75) is 24.0 Å². The first kappa shape index (κ1) is 20.1. The number of halogens is 2. The SMILES string of the molecule is CC(C)S(=O)(=O)c1cccc(C(=O)N=c2sc3ccc(Cl)c(Cl)c3n2C)c1. The number of hydrogen-bond donors (Lipinski definition) is 0. The van der Waals surface area contributed by atoms with E-state index in [1.807, 2.05) is 6.07 Å². The number of thiazole rings is 1. The Bertz CT molecular complexity index is 1230. The van der Waals surface area contributed by atoms with E-state index < -0.39 is 21.0 Å². The Balaban J connectivity index is 2.10. The maximum Gasteiger partial charge on any atom is 0.279 e. The Hall–Kier alpha value is -1.67. The van der Waals surface area contributed by atoms with Crippen LogP contribution in [-0.4, -0.2) is 24.1 Å². The van der Waals surface area contributed by atoms with Gasteiger partial charge in [-0.15, -0.1) is 0 Å². The van der Waals surface area contributed by atoms with E-state index in [0.717, 1.165) is 4.70 Å². The van der Waals surface area contributed by atoms with Crippen LogP contribution >= 0.6 is 34.5 Å². The number of benzene rings is 2. The number of amides is 1. The standard InChI is InChI=1S/C18H16Cl2N2O3S2/c1-10(2)27(24,25)12-6-4-5-11(9-12)17(23)21-18-22(3)16-14(26-18)8-7-13(19)15(16)20/h4-10H,1-3H3. The van der Waals surface area contributed by atoms with Crippen molar-refractivity contribution in [2.24, 2.45) is 12.0 Å². The summed E-state index contributed by atoms with van der Waals surface area (Å²) in [4.78, 5) is 17.3. The van der Waals surface area contributed by atoms with Crippen molar-refractivity contribution in [2.75, 3.05) is 0 Å². The van der Waals surface area contributed by atoms with E-state index in [1.54, 1.807) is 43.7 Å². The molecule has 142 valence electrons. The van der Waals surface area contributed by atoms with Gasteiger partial charge in [0.2, 0.25) is 0 Å². The predicted molar refractivity (Wildman–Crippen MR) is 109 cm³/mol. The van der Waals surface area contributed by atoms with Gasteiger partial charge in [-0.1, -0.05) is 40.6 Å². The molecule has 5 nitrogen and oxygen atoms in total. The van der Waals surface area contributed by atoms with Gasteiger partial charge in [0.15, 0.2) is 14.6 Å². The number of sulfone groups is 1. The van der Waals surface area contributed by atoms with Gasteiger partial charge in [-0.3, -0.25) is 4.79 Å². The lowest BCUT2D eigenvalue weighted by atomic mass is 10.2. The average Bonchev–Trinajstić information content (AvgIpc) is 2.94. The largest absolute Gasteiger partial charge is 0.318 e. The highest BCUT2D eigenvalue weighted by atomic mass is 35.5. The molecule has 0 unspecified atom stereocenters. The van der Waals surface area contributed by atoms with Crippen LogP contribution in [0, 0.1) is 0 Å². The van der Waals surface area contributed by atoms with Crippen molar-refractivity contribution in [3.05, 3.63) is 56.8 Å². The number of aryl methyl sites for hydroxylation is 1. The van der Waals surface area contributed by atoms with E-state index in [4.69, 9.17) is 23.2 Å². The zero-order chi connectivity index (χ0) is 19.9. The van der Waals surface area contributed by atoms with Crippen LogP contribution in [0.2, 0.25) is 10.0 Å². The first-order chi connectivity index (χ1) is 12.6. The summed E-state index contributed by atoms with van der Waals surface area (Å²) in [5, 5.41) is 0.237. The summed E-state index contributed by atoms with van der Waals surface area (Å²) in [6.07, 6.45) is 0. The highest BCUT2D eigenvalue weighted by Crippen LogP contribution is 2.31. The summed E-state index contributed by atoms with van der Waals surface area (Å²) in [6.45, 7) is 3.19. The molecule has 2 aromatic carbocycles. The van der Waals surface area contributed by atoms with Gasteiger partial charge < -0.3 is 4.57 Å². The van der Waals surface area contributed by atoms with Crippen LogP contribution < -0.4 is 4.80 Å². The van der Waals surface area contributed by atoms with Crippen molar-refractivity contribution in [3.63, 3.8) is 0 Å². The summed E-state index contributed by atoms with van der Waals surface area (Å²) < 4.78 is 27.2. The number of nitrogens with zero attached hydrogens (tertiary/aromatic N) is 2. The minimum absolute atomic E-state index is 0.106. The lowest BCUT2D eigenvalue weighted by Gasteiger charge is -2.08. The molecule has 0 saturated heterocycles. The van der Waals surface area contributed by atoms with Crippen LogP contribution in [-0.2, 0) is 16.9 Å². The number of fused-ring (bicyclic) bond motifs is 1. The summed E-state index contributed by atoms with van der Waals surface area (Å²) in [6, 6.07) is 9.43. The Labute approximate surface area is 170 Å². The molecule has 0 aliphatic heterocycles. The molecule has 0 bridgehead atoms. The Morgan fingerprint density at radius 2 is 1.89 bits per heavy atom. The quantitative estimate of drug-likeness (QED) is 0.600. The summed E-state index contributed by atoms with van der Waals surface area (Å²) in [5.74, 6) is -0.528. The third-order valence-corrected chi connectivity index (χ3v) is 8.13. The molecule has 0 radical (unpaired) electrons. The van der Waals surface area contributed by atoms with E-state index in [2.05, 4.69) is 4.99 Å². The third-order valence-electron chi connectivity index (χ3n) is 4.08. The molecular weight excluding hydrogens is 427 g/mol. The van der Waals surface area contributed by atoms with E-state index in [0.29, 0.717) is 20.4 Å². The van der Waals surface area contributed by atoms with Crippen LogP contribution in [0.1, 0.15) is 24.2 Å². The van der Waals surface area contributed by atoms with Crippen LogP contribution in [0.4, 0.5) is 0 Å². The zero-order valence-corrected chi connectivity index (χ0v) is 17.9. The van der Waals surface area contributed by atoms with Crippen LogP contribution in [0.3, 0.4) is 0 Å². The minimum atomic E-state index is -3.47. The van der Waals surface area contributed by atoms with Gasteiger partial charge in [0, 0.05) is 12.6 Å². The topological polar surface area (TPSA) is 68.5 Å². The maximum atomic E-state index is 12.6. The van der Waals surface area contributed by atoms with Crippen molar-refractivity contribution < 1.29 is 13.2 Å². The molecule has 9 heteroatoms. The normalized spacial score (nSPS) is 12.9. The molecule has 0 atom stereocenters. The van der Waals surface area contributed by atoms with Crippen molar-refractivity contribution in [1.29, 1.82) is 0 Å². The third kappa shape index (κ3) is 3.69. The second kappa shape index (κ2) is 7.39. The smallest absolute Gasteiger partial charge is 0.279 e. The van der Waals surface area contributed by atoms with E-state index in [-0.39, 0.29) is 10.5 Å². The van der Waals surface area contributed by atoms with Gasteiger partial charge in [-0.05, 0) is 44.2 Å². The number of carbonyl (C=O) groups excluding carboxylic acids is 1. The van der Waals surface area contributed by atoms with Crippen LogP contribution in [0.15, 0.2) is 46.3 Å². The van der Waals surface area contributed by atoms with E-state index >= 15 is 0 Å². The first-order valence-electron chi connectivity index (χ1n) is 7.99. The molecule has 1 aromatic heterocycles. The maximum absolute atomic E-state index is 12.6. The number of carbonyl (C=O) groups is 1. The lowest BCUT2D eigenvalue weighted by Crippen LogP contribution is -2.15. The molecule has 0 spiro atoms. The summed E-state index contributed by atoms with van der Waals surface area (Å²) in [7, 11) is -1.73. The Kier molecular flexibility index (Phi) is 5.49. The lowest BCUT2D eigenvalue weighted by molar-refractivity contribution is 0.0997. The highest BCUT2D eigenvalue weighted by Gasteiger charge is 2.20. The van der Waals surface area contributed by atoms with Gasteiger partial charge in [0.1, 0.15) is 0 Å². The van der Waals surface area contributed by atoms with Crippen molar-refractivity contribution in [3.8, 4) is 0 Å². The fourth-order valence-corrected chi connectivity index (χ4v) is 5.14. The van der Waals surface area contributed by atoms with Crippen LogP contribution in [0.5, 0.6) is 0 Å². The van der Waals surface area contributed by atoms with E-state index in [1.165, 1.54) is 23.5 Å². The molecule has 0 saturated carbocycles. The van der Waals surface area contributed by atoms with Gasteiger partial charge in [-0.25, -0.2) is 8.42 Å². The second-order valence-electron chi connectivity index (χ2n) is 6.19. The van der Waals surface area contributed by atoms with E-state index in [9.17, 15) is 13.2 Å². The molecule has 0 N–H and O–H groups in total. The molecular formula is C18H16Cl2N2O3S2. The molecule has 0 aliphatic carbocycles. The average molecular weight is 443 g/mol. The van der Waals surface area contributed by atoms with Gasteiger partial charge >= 0.3 is 0 Å². The van der Waals surface area contributed by atoms with Gasteiger partial charge in [-0.2, -0.15) is 4.99 Å². The molecule has 3 rings (SSSR count). The Morgan fingerprint density at radius 1 is 1.19 bits per heavy atom. The minimum Gasteiger partial charge on any atom is -0.318 e. The molecule has 0 aliphatic rings. The molecule has 3 aromatic rings. The highest BCUT2D eigenvalue weighted by molar-refractivity contribution is 7.92. The predicted octanol–water partition coefficient (Wildman–Crippen LogP) is 4.47. The molecule has 1 amide bonds. The van der Waals surface area contributed by atoms with Crippen molar-refractivity contribution in [1.82, 2.24) is 4.57 Å². The van der Waals surface area contributed by atoms with Gasteiger partial charge in [0.05, 0.1) is 30.4 Å². The van der Waals surface area contributed by atoms with Crippen molar-refractivity contribution >= 4 is 60.5 Å². The number of aromatic nitrogens is 1. The monoisotopic (exact) mass is 442 g/mol. The second-order valence-corrected chi connectivity index (χ2v) is 10.5. The fourth-order valence-electron chi connectivity index (χ4n) is 2.51. The Morgan fingerprint density at radius 3 is 2.56 bits per heavy atom. The first-order valence-corrected chi connectivity index (χ1v) is 11.1. The summed E-state index contributed by atoms with van der Waals surface area (Å²) in [5.41, 5.74) is 0.898. The van der Waals surface area contributed by atoms with Gasteiger partial charge in [0.25, 0.3) is 5.91 Å². The fraction of sp³-hybridized carbons (Fsp3) is 0.222. The van der Waals surface area contributed by atoms with Crippen LogP contribution in [0.25, 0.3) is 10.2 Å². The molecule has 1 heterocycles. The molecule has 0 fully saturated rings. The number of hydrogen-bond acceptors (Lipinski definition) is 4. The summed E-state index contributed by atoms with van der Waals surface area (Å²) >= 11 is 13.6. The number of rotatable bonds is 3. The zero-order valence-electron chi connectivity index (χ0n) is 14.7.